The summed E-state index contributed by atoms with van der Waals surface area (Å²) < 4.78 is 11.2. The van der Waals surface area contributed by atoms with Crippen LogP contribution in [-0.4, -0.2) is 19.3 Å². The molecule has 0 N–H and O–H groups in total. The normalized spacial score (nSPS) is 14.4. The van der Waals surface area contributed by atoms with Gasteiger partial charge < -0.3 is 9.47 Å². The molecule has 0 aromatic heterocycles. The predicted molar refractivity (Wildman–Crippen MR) is 66.9 cm³/mol. The first kappa shape index (κ1) is 13.0. The van der Waals surface area contributed by atoms with Gasteiger partial charge in [0, 0.05) is 13.5 Å². The van der Waals surface area contributed by atoms with Gasteiger partial charge in [0.25, 0.3) is 0 Å². The Morgan fingerprint density at radius 3 is 2.44 bits per heavy atom. The molecule has 90 valence electrons. The molecule has 0 radical (unpaired) electrons. The maximum Gasteiger partial charge on any atom is 0.119 e. The van der Waals surface area contributed by atoms with Crippen LogP contribution in [0.4, 0.5) is 0 Å². The molecule has 0 spiro atoms. The van der Waals surface area contributed by atoms with E-state index in [1.54, 1.807) is 7.11 Å². The van der Waals surface area contributed by atoms with Crippen molar-refractivity contribution in [1.82, 2.24) is 0 Å². The smallest absolute Gasteiger partial charge is 0.119 e. The monoisotopic (exact) mass is 222 g/mol. The molecule has 2 atom stereocenters. The van der Waals surface area contributed by atoms with E-state index in [0.29, 0.717) is 0 Å². The van der Waals surface area contributed by atoms with E-state index in [-0.39, 0.29) is 12.2 Å². The minimum atomic E-state index is 0.250. The van der Waals surface area contributed by atoms with Crippen LogP contribution in [0.15, 0.2) is 30.3 Å². The lowest BCUT2D eigenvalue weighted by Gasteiger charge is -2.21. The largest absolute Gasteiger partial charge is 0.490 e. The Labute approximate surface area is 98.6 Å². The molecular formula is C14H22O2. The van der Waals surface area contributed by atoms with Gasteiger partial charge in [-0.1, -0.05) is 31.5 Å². The summed E-state index contributed by atoms with van der Waals surface area (Å²) in [5.74, 6) is 0.948. The average molecular weight is 222 g/mol. The van der Waals surface area contributed by atoms with Crippen LogP contribution in [0.1, 0.15) is 33.1 Å². The summed E-state index contributed by atoms with van der Waals surface area (Å²) in [5, 5.41) is 0. The molecule has 1 rings (SSSR count). The van der Waals surface area contributed by atoms with E-state index in [9.17, 15) is 0 Å². The fourth-order valence-corrected chi connectivity index (χ4v) is 1.70. The summed E-state index contributed by atoms with van der Waals surface area (Å²) in [6.07, 6.45) is 3.65. The van der Waals surface area contributed by atoms with Gasteiger partial charge in [-0.2, -0.15) is 0 Å². The molecule has 0 saturated carbocycles. The molecule has 0 amide bonds. The van der Waals surface area contributed by atoms with Crippen molar-refractivity contribution in [2.45, 2.75) is 45.3 Å². The number of rotatable bonds is 7. The van der Waals surface area contributed by atoms with Crippen LogP contribution < -0.4 is 4.74 Å². The topological polar surface area (TPSA) is 18.5 Å². The van der Waals surface area contributed by atoms with Crippen molar-refractivity contribution < 1.29 is 9.47 Å². The van der Waals surface area contributed by atoms with Crippen molar-refractivity contribution in [1.29, 1.82) is 0 Å². The summed E-state index contributed by atoms with van der Waals surface area (Å²) in [7, 11) is 1.75. The van der Waals surface area contributed by atoms with Crippen LogP contribution >= 0.6 is 0 Å². The van der Waals surface area contributed by atoms with Gasteiger partial charge in [-0.05, 0) is 25.5 Å². The van der Waals surface area contributed by atoms with Crippen molar-refractivity contribution in [3.8, 4) is 5.75 Å². The van der Waals surface area contributed by atoms with Gasteiger partial charge in [0.1, 0.15) is 11.9 Å². The fourth-order valence-electron chi connectivity index (χ4n) is 1.70. The summed E-state index contributed by atoms with van der Waals surface area (Å²) >= 11 is 0. The van der Waals surface area contributed by atoms with Crippen LogP contribution in [0, 0.1) is 0 Å². The van der Waals surface area contributed by atoms with Gasteiger partial charge in [-0.25, -0.2) is 0 Å². The van der Waals surface area contributed by atoms with E-state index in [0.717, 1.165) is 25.0 Å². The van der Waals surface area contributed by atoms with Crippen LogP contribution in [0.25, 0.3) is 0 Å². The molecule has 16 heavy (non-hydrogen) atoms. The zero-order valence-corrected chi connectivity index (χ0v) is 10.5. The van der Waals surface area contributed by atoms with Crippen LogP contribution in [0.2, 0.25) is 0 Å². The number of para-hydroxylation sites is 1. The van der Waals surface area contributed by atoms with Gasteiger partial charge in [-0.3, -0.25) is 0 Å². The lowest BCUT2D eigenvalue weighted by Crippen LogP contribution is -2.22. The van der Waals surface area contributed by atoms with E-state index in [1.165, 1.54) is 0 Å². The number of benzene rings is 1. The number of hydrogen-bond acceptors (Lipinski definition) is 2. The molecule has 2 nitrogen and oxygen atoms in total. The molecular weight excluding hydrogens is 200 g/mol. The first-order valence-corrected chi connectivity index (χ1v) is 6.00. The first-order chi connectivity index (χ1) is 7.76. The lowest BCUT2D eigenvalue weighted by molar-refractivity contribution is 0.0627. The van der Waals surface area contributed by atoms with Gasteiger partial charge in [-0.15, -0.1) is 0 Å². The number of methoxy groups -OCH3 is 1. The number of hydrogen-bond donors (Lipinski definition) is 0. The molecule has 0 aliphatic rings. The average Bonchev–Trinajstić information content (AvgIpc) is 2.30. The summed E-state index contributed by atoms with van der Waals surface area (Å²) in [6, 6.07) is 10.00. The molecule has 1 aromatic rings. The molecule has 0 bridgehead atoms. The molecule has 0 heterocycles. The van der Waals surface area contributed by atoms with Crippen molar-refractivity contribution >= 4 is 0 Å². The van der Waals surface area contributed by atoms with Gasteiger partial charge in [0.05, 0.1) is 6.10 Å². The maximum absolute atomic E-state index is 5.95. The standard InChI is InChI=1S/C14H22O2/c1-4-8-14(11-12(2)15-3)16-13-9-6-5-7-10-13/h5-7,9-10,12,14H,4,8,11H2,1-3H3. The minimum absolute atomic E-state index is 0.250. The Hall–Kier alpha value is -1.02. The van der Waals surface area contributed by atoms with E-state index >= 15 is 0 Å². The highest BCUT2D eigenvalue weighted by Crippen LogP contribution is 2.17. The Bertz CT molecular complexity index is 271. The minimum Gasteiger partial charge on any atom is -0.490 e. The van der Waals surface area contributed by atoms with Crippen LogP contribution in [-0.2, 0) is 4.74 Å². The summed E-state index contributed by atoms with van der Waals surface area (Å²) in [5.41, 5.74) is 0. The van der Waals surface area contributed by atoms with E-state index < -0.39 is 0 Å². The Kier molecular flexibility index (Phi) is 5.94. The Morgan fingerprint density at radius 2 is 1.88 bits per heavy atom. The Morgan fingerprint density at radius 1 is 1.19 bits per heavy atom. The van der Waals surface area contributed by atoms with E-state index in [2.05, 4.69) is 13.8 Å². The maximum atomic E-state index is 5.95. The second-order valence-corrected chi connectivity index (χ2v) is 4.12. The molecule has 0 fully saturated rings. The molecule has 2 heteroatoms. The van der Waals surface area contributed by atoms with E-state index in [1.807, 2.05) is 30.3 Å². The van der Waals surface area contributed by atoms with Gasteiger partial charge >= 0.3 is 0 Å². The predicted octanol–water partition coefficient (Wildman–Crippen LogP) is 3.66. The third-order valence-corrected chi connectivity index (χ3v) is 2.65. The highest BCUT2D eigenvalue weighted by Gasteiger charge is 2.13. The second-order valence-electron chi connectivity index (χ2n) is 4.12. The third kappa shape index (κ3) is 4.67. The highest BCUT2D eigenvalue weighted by molar-refractivity contribution is 5.21. The summed E-state index contributed by atoms with van der Waals surface area (Å²) in [4.78, 5) is 0. The van der Waals surface area contributed by atoms with Crippen molar-refractivity contribution in [3.63, 3.8) is 0 Å². The summed E-state index contributed by atoms with van der Waals surface area (Å²) in [6.45, 7) is 4.26. The van der Waals surface area contributed by atoms with Gasteiger partial charge in [0.2, 0.25) is 0 Å². The zero-order valence-electron chi connectivity index (χ0n) is 10.5. The van der Waals surface area contributed by atoms with E-state index in [4.69, 9.17) is 9.47 Å². The SMILES string of the molecule is CCCC(CC(C)OC)Oc1ccccc1. The fraction of sp³-hybridized carbons (Fsp3) is 0.571. The molecule has 2 unspecified atom stereocenters. The van der Waals surface area contributed by atoms with Crippen molar-refractivity contribution in [2.75, 3.05) is 7.11 Å². The van der Waals surface area contributed by atoms with Crippen molar-refractivity contribution in [2.24, 2.45) is 0 Å². The molecule has 0 aliphatic heterocycles. The third-order valence-electron chi connectivity index (χ3n) is 2.65. The number of ether oxygens (including phenoxy) is 2. The first-order valence-electron chi connectivity index (χ1n) is 6.00. The molecule has 1 aromatic carbocycles. The Balaban J connectivity index is 2.50. The van der Waals surface area contributed by atoms with Gasteiger partial charge in [0.15, 0.2) is 0 Å². The second kappa shape index (κ2) is 7.29. The quantitative estimate of drug-likeness (QED) is 0.701. The van der Waals surface area contributed by atoms with Crippen LogP contribution in [0.5, 0.6) is 5.75 Å². The zero-order chi connectivity index (χ0) is 11.8. The highest BCUT2D eigenvalue weighted by atomic mass is 16.5. The molecule has 0 aliphatic carbocycles. The lowest BCUT2D eigenvalue weighted by atomic mass is 10.1. The van der Waals surface area contributed by atoms with Crippen molar-refractivity contribution in [3.05, 3.63) is 30.3 Å². The molecule has 0 saturated heterocycles. The van der Waals surface area contributed by atoms with Crippen LogP contribution in [0.3, 0.4) is 0 Å².